The average molecular weight is 333 g/mol. The first-order chi connectivity index (χ1) is 11.3. The summed E-state index contributed by atoms with van der Waals surface area (Å²) in [5.74, 6) is 1.43. The molecule has 0 saturated carbocycles. The van der Waals surface area contributed by atoms with Crippen molar-refractivity contribution in [1.82, 2.24) is 14.7 Å². The molecule has 1 aliphatic rings. The molecule has 1 aromatic heterocycles. The molecule has 1 fully saturated rings. The maximum atomic E-state index is 11.6. The first kappa shape index (κ1) is 15.9. The fourth-order valence-electron chi connectivity index (χ4n) is 2.29. The van der Waals surface area contributed by atoms with Gasteiger partial charge in [0.25, 0.3) is 0 Å². The molecule has 1 saturated heterocycles. The van der Waals surface area contributed by atoms with Gasteiger partial charge in [0, 0.05) is 25.0 Å². The van der Waals surface area contributed by atoms with Gasteiger partial charge in [0.15, 0.2) is 0 Å². The van der Waals surface area contributed by atoms with Crippen LogP contribution in [-0.2, 0) is 15.7 Å². The van der Waals surface area contributed by atoms with E-state index in [1.165, 1.54) is 0 Å². The van der Waals surface area contributed by atoms with Crippen molar-refractivity contribution in [1.29, 1.82) is 0 Å². The molecular weight excluding hydrogens is 314 g/mol. The van der Waals surface area contributed by atoms with E-state index in [2.05, 4.69) is 24.9 Å². The summed E-state index contributed by atoms with van der Waals surface area (Å²) in [5, 5.41) is 3.17. The van der Waals surface area contributed by atoms with Crippen molar-refractivity contribution < 1.29 is 8.95 Å². The van der Waals surface area contributed by atoms with Gasteiger partial charge in [-0.25, -0.2) is 13.9 Å². The van der Waals surface area contributed by atoms with Crippen LogP contribution in [0.3, 0.4) is 0 Å². The van der Waals surface area contributed by atoms with Crippen LogP contribution in [-0.4, -0.2) is 47.5 Å². The van der Waals surface area contributed by atoms with Crippen molar-refractivity contribution in [3.63, 3.8) is 0 Å². The predicted molar refractivity (Wildman–Crippen MR) is 90.3 cm³/mol. The Morgan fingerprint density at radius 3 is 2.61 bits per heavy atom. The van der Waals surface area contributed by atoms with Crippen LogP contribution in [0.1, 0.15) is 0 Å². The van der Waals surface area contributed by atoms with Gasteiger partial charge < -0.3 is 15.0 Å². The molecule has 1 atom stereocenters. The van der Waals surface area contributed by atoms with E-state index in [9.17, 15) is 4.21 Å². The van der Waals surface area contributed by atoms with Crippen LogP contribution >= 0.6 is 0 Å². The standard InChI is InChI=1S/C15H19N5O2S/c1-16-23(21)13-4-2-12(3-5-13)18-15-17-7-6-14(19-15)20-8-10-22-11-9-20/h2-7,16H,8-11H2,1H3,(H,17,18,19). The number of ether oxygens (including phenoxy) is 1. The SMILES string of the molecule is CNS(=O)c1ccc(Nc2nccc(N3CCOCC3)n2)cc1. The number of hydrogen-bond donors (Lipinski definition) is 2. The van der Waals surface area contributed by atoms with Gasteiger partial charge in [-0.2, -0.15) is 4.98 Å². The molecule has 8 heteroatoms. The number of nitrogens with zero attached hydrogens (tertiary/aromatic N) is 3. The molecule has 2 aromatic rings. The van der Waals surface area contributed by atoms with E-state index < -0.39 is 11.0 Å². The molecule has 1 aromatic carbocycles. The van der Waals surface area contributed by atoms with Crippen LogP contribution in [0.15, 0.2) is 41.4 Å². The van der Waals surface area contributed by atoms with Crippen LogP contribution in [0, 0.1) is 0 Å². The zero-order valence-corrected chi connectivity index (χ0v) is 13.7. The molecule has 0 spiro atoms. The van der Waals surface area contributed by atoms with E-state index in [0.29, 0.717) is 5.95 Å². The number of aromatic nitrogens is 2. The summed E-state index contributed by atoms with van der Waals surface area (Å²) in [4.78, 5) is 11.7. The third-order valence-electron chi connectivity index (χ3n) is 3.49. The summed E-state index contributed by atoms with van der Waals surface area (Å²) in [6.07, 6.45) is 1.74. The minimum atomic E-state index is -1.18. The highest BCUT2D eigenvalue weighted by Gasteiger charge is 2.13. The second-order valence-corrected chi connectivity index (χ2v) is 6.38. The Kier molecular flexibility index (Phi) is 5.16. The first-order valence-corrected chi connectivity index (χ1v) is 8.53. The van der Waals surface area contributed by atoms with Crippen molar-refractivity contribution in [2.45, 2.75) is 4.90 Å². The van der Waals surface area contributed by atoms with E-state index in [1.54, 1.807) is 25.4 Å². The van der Waals surface area contributed by atoms with E-state index in [1.807, 2.05) is 18.2 Å². The van der Waals surface area contributed by atoms with Crippen LogP contribution < -0.4 is 14.9 Å². The summed E-state index contributed by atoms with van der Waals surface area (Å²) in [6, 6.07) is 9.22. The van der Waals surface area contributed by atoms with Crippen molar-refractivity contribution in [2.24, 2.45) is 0 Å². The topological polar surface area (TPSA) is 79.4 Å². The molecular formula is C15H19N5O2S. The van der Waals surface area contributed by atoms with E-state index in [-0.39, 0.29) is 0 Å². The lowest BCUT2D eigenvalue weighted by molar-refractivity contribution is 0.122. The van der Waals surface area contributed by atoms with Gasteiger partial charge in [0.05, 0.1) is 18.1 Å². The lowest BCUT2D eigenvalue weighted by atomic mass is 10.3. The Bertz CT molecular complexity index is 674. The van der Waals surface area contributed by atoms with Gasteiger partial charge in [-0.1, -0.05) is 0 Å². The summed E-state index contributed by atoms with van der Waals surface area (Å²) >= 11 is 0. The van der Waals surface area contributed by atoms with Crippen LogP contribution in [0.5, 0.6) is 0 Å². The van der Waals surface area contributed by atoms with Crippen molar-refractivity contribution in [2.75, 3.05) is 43.6 Å². The van der Waals surface area contributed by atoms with Gasteiger partial charge in [0.2, 0.25) is 5.95 Å². The van der Waals surface area contributed by atoms with Gasteiger partial charge in [0.1, 0.15) is 16.8 Å². The Balaban J connectivity index is 1.71. The molecule has 0 amide bonds. The van der Waals surface area contributed by atoms with Gasteiger partial charge in [-0.05, 0) is 37.4 Å². The molecule has 3 rings (SSSR count). The molecule has 122 valence electrons. The first-order valence-electron chi connectivity index (χ1n) is 7.38. The normalized spacial score (nSPS) is 16.1. The number of rotatable bonds is 5. The zero-order chi connectivity index (χ0) is 16.1. The molecule has 0 radical (unpaired) electrons. The summed E-state index contributed by atoms with van der Waals surface area (Å²) in [5.41, 5.74) is 0.848. The molecule has 2 N–H and O–H groups in total. The highest BCUT2D eigenvalue weighted by Crippen LogP contribution is 2.18. The van der Waals surface area contributed by atoms with E-state index in [4.69, 9.17) is 4.74 Å². The third kappa shape index (κ3) is 4.04. The Hall–Kier alpha value is -2.03. The largest absolute Gasteiger partial charge is 0.378 e. The fourth-order valence-corrected chi connectivity index (χ4v) is 2.91. The van der Waals surface area contributed by atoms with Gasteiger partial charge in [-0.15, -0.1) is 0 Å². The number of benzene rings is 1. The number of morpholine rings is 1. The fraction of sp³-hybridized carbons (Fsp3) is 0.333. The van der Waals surface area contributed by atoms with Crippen LogP contribution in [0.2, 0.25) is 0 Å². The maximum Gasteiger partial charge on any atom is 0.229 e. The average Bonchev–Trinajstić information content (AvgIpc) is 2.63. The highest BCUT2D eigenvalue weighted by atomic mass is 32.2. The second kappa shape index (κ2) is 7.49. The highest BCUT2D eigenvalue weighted by molar-refractivity contribution is 7.83. The smallest absolute Gasteiger partial charge is 0.229 e. The monoisotopic (exact) mass is 333 g/mol. The summed E-state index contributed by atoms with van der Waals surface area (Å²) < 4.78 is 19.7. The van der Waals surface area contributed by atoms with Crippen molar-refractivity contribution >= 4 is 28.4 Å². The molecule has 7 nitrogen and oxygen atoms in total. The Morgan fingerprint density at radius 2 is 1.91 bits per heavy atom. The molecule has 1 unspecified atom stereocenters. The zero-order valence-electron chi connectivity index (χ0n) is 12.9. The van der Waals surface area contributed by atoms with Crippen molar-refractivity contribution in [3.8, 4) is 0 Å². The van der Waals surface area contributed by atoms with Gasteiger partial charge >= 0.3 is 0 Å². The summed E-state index contributed by atoms with van der Waals surface area (Å²) in [6.45, 7) is 3.11. The minimum Gasteiger partial charge on any atom is -0.378 e. The number of nitrogens with one attached hydrogen (secondary N) is 2. The van der Waals surface area contributed by atoms with Crippen molar-refractivity contribution in [3.05, 3.63) is 36.5 Å². The lowest BCUT2D eigenvalue weighted by Crippen LogP contribution is -2.36. The maximum absolute atomic E-state index is 11.6. The molecule has 23 heavy (non-hydrogen) atoms. The summed E-state index contributed by atoms with van der Waals surface area (Å²) in [7, 11) is 0.480. The Labute approximate surface area is 137 Å². The molecule has 0 aliphatic carbocycles. The third-order valence-corrected chi connectivity index (χ3v) is 4.56. The molecule has 0 bridgehead atoms. The lowest BCUT2D eigenvalue weighted by Gasteiger charge is -2.27. The number of hydrogen-bond acceptors (Lipinski definition) is 6. The predicted octanol–water partition coefficient (Wildman–Crippen LogP) is 1.30. The number of anilines is 3. The minimum absolute atomic E-state index is 0.538. The second-order valence-electron chi connectivity index (χ2n) is 4.96. The van der Waals surface area contributed by atoms with Crippen LogP contribution in [0.25, 0.3) is 0 Å². The quantitative estimate of drug-likeness (QED) is 0.859. The van der Waals surface area contributed by atoms with E-state index >= 15 is 0 Å². The molecule has 1 aliphatic heterocycles. The van der Waals surface area contributed by atoms with E-state index in [0.717, 1.165) is 42.7 Å². The Morgan fingerprint density at radius 1 is 1.17 bits per heavy atom. The van der Waals surface area contributed by atoms with Crippen LogP contribution in [0.4, 0.5) is 17.5 Å². The van der Waals surface area contributed by atoms with Gasteiger partial charge in [-0.3, -0.25) is 0 Å². The molecule has 2 heterocycles.